The van der Waals surface area contributed by atoms with Gasteiger partial charge in [0.2, 0.25) is 5.91 Å². The van der Waals surface area contributed by atoms with Gasteiger partial charge in [-0.15, -0.1) is 11.8 Å². The van der Waals surface area contributed by atoms with Crippen LogP contribution in [-0.2, 0) is 4.79 Å². The molecule has 3 aromatic rings. The van der Waals surface area contributed by atoms with Gasteiger partial charge in [0.25, 0.3) is 0 Å². The first-order valence-corrected chi connectivity index (χ1v) is 8.41. The van der Waals surface area contributed by atoms with Crippen LogP contribution in [0, 0.1) is 12.7 Å². The Bertz CT molecular complexity index is 848. The molecule has 1 heterocycles. The molecule has 0 atom stereocenters. The fourth-order valence-corrected chi connectivity index (χ4v) is 2.98. The number of aryl methyl sites for hydroxylation is 1. The number of para-hydroxylation sites is 1. The first kappa shape index (κ1) is 16.3. The molecular formula is C18H16FN3OS. The molecule has 122 valence electrons. The molecule has 0 radical (unpaired) electrons. The van der Waals surface area contributed by atoms with Gasteiger partial charge in [0.1, 0.15) is 11.6 Å². The highest BCUT2D eigenvalue weighted by Gasteiger charge is 2.12. The molecule has 4 nitrogen and oxygen atoms in total. The highest BCUT2D eigenvalue weighted by Crippen LogP contribution is 2.22. The van der Waals surface area contributed by atoms with Crippen LogP contribution in [-0.4, -0.2) is 21.4 Å². The van der Waals surface area contributed by atoms with Gasteiger partial charge in [-0.25, -0.2) is 9.07 Å². The maximum absolute atomic E-state index is 13.6. The van der Waals surface area contributed by atoms with Crippen LogP contribution in [0.5, 0.6) is 0 Å². The SMILES string of the molecule is Cc1cc(NC(=O)CSc2ccccc2F)n(-c2ccccc2)n1. The standard InChI is InChI=1S/C18H16FN3OS/c1-13-11-17(22(21-13)14-7-3-2-4-8-14)20-18(23)12-24-16-10-6-5-9-15(16)19/h2-11H,12H2,1H3,(H,20,23). The van der Waals surface area contributed by atoms with E-state index in [0.717, 1.165) is 11.4 Å². The number of halogens is 1. The van der Waals surface area contributed by atoms with Gasteiger partial charge >= 0.3 is 0 Å². The highest BCUT2D eigenvalue weighted by atomic mass is 32.2. The summed E-state index contributed by atoms with van der Waals surface area (Å²) in [5.41, 5.74) is 1.67. The first-order valence-electron chi connectivity index (χ1n) is 7.43. The van der Waals surface area contributed by atoms with E-state index in [9.17, 15) is 9.18 Å². The second-order valence-corrected chi connectivity index (χ2v) is 6.20. The van der Waals surface area contributed by atoms with Crippen LogP contribution in [0.3, 0.4) is 0 Å². The summed E-state index contributed by atoms with van der Waals surface area (Å²) >= 11 is 1.17. The largest absolute Gasteiger partial charge is 0.310 e. The molecule has 0 unspecified atom stereocenters. The predicted octanol–water partition coefficient (Wildman–Crippen LogP) is 4.05. The lowest BCUT2D eigenvalue weighted by Gasteiger charge is -2.09. The van der Waals surface area contributed by atoms with Crippen LogP contribution < -0.4 is 5.32 Å². The Kier molecular flexibility index (Phi) is 4.96. The fourth-order valence-electron chi connectivity index (χ4n) is 2.24. The van der Waals surface area contributed by atoms with Gasteiger partial charge < -0.3 is 5.32 Å². The topological polar surface area (TPSA) is 46.9 Å². The number of rotatable bonds is 5. The van der Waals surface area contributed by atoms with Crippen LogP contribution in [0.2, 0.25) is 0 Å². The molecule has 0 saturated heterocycles. The number of benzene rings is 2. The summed E-state index contributed by atoms with van der Waals surface area (Å²) in [6.07, 6.45) is 0. The van der Waals surface area contributed by atoms with Crippen LogP contribution in [0.4, 0.5) is 10.2 Å². The molecule has 0 aliphatic carbocycles. The number of aromatic nitrogens is 2. The van der Waals surface area contributed by atoms with Gasteiger partial charge in [0, 0.05) is 11.0 Å². The normalized spacial score (nSPS) is 10.6. The Labute approximate surface area is 143 Å². The quantitative estimate of drug-likeness (QED) is 0.712. The summed E-state index contributed by atoms with van der Waals surface area (Å²) in [6.45, 7) is 1.86. The number of carbonyl (C=O) groups is 1. The number of carbonyl (C=O) groups excluding carboxylic acids is 1. The maximum atomic E-state index is 13.6. The van der Waals surface area contributed by atoms with E-state index in [2.05, 4.69) is 10.4 Å². The minimum Gasteiger partial charge on any atom is -0.310 e. The van der Waals surface area contributed by atoms with Crippen molar-refractivity contribution in [1.29, 1.82) is 0 Å². The monoisotopic (exact) mass is 341 g/mol. The number of nitrogens with zero attached hydrogens (tertiary/aromatic N) is 2. The van der Waals surface area contributed by atoms with Gasteiger partial charge in [-0.3, -0.25) is 4.79 Å². The zero-order valence-electron chi connectivity index (χ0n) is 13.1. The van der Waals surface area contributed by atoms with Crippen LogP contribution in [0.15, 0.2) is 65.6 Å². The molecule has 24 heavy (non-hydrogen) atoms. The highest BCUT2D eigenvalue weighted by molar-refractivity contribution is 8.00. The smallest absolute Gasteiger partial charge is 0.235 e. The van der Waals surface area contributed by atoms with E-state index < -0.39 is 0 Å². The van der Waals surface area contributed by atoms with Crippen molar-refractivity contribution in [2.45, 2.75) is 11.8 Å². The van der Waals surface area contributed by atoms with Crippen LogP contribution >= 0.6 is 11.8 Å². The van der Waals surface area contributed by atoms with E-state index in [1.165, 1.54) is 17.8 Å². The third-order valence-corrected chi connectivity index (χ3v) is 4.34. The Morgan fingerprint density at radius 3 is 2.62 bits per heavy atom. The summed E-state index contributed by atoms with van der Waals surface area (Å²) < 4.78 is 15.3. The molecule has 2 aromatic carbocycles. The number of thioether (sulfide) groups is 1. The van der Waals surface area contributed by atoms with Crippen molar-refractivity contribution in [2.24, 2.45) is 0 Å². The van der Waals surface area contributed by atoms with Crippen molar-refractivity contribution in [2.75, 3.05) is 11.1 Å². The molecular weight excluding hydrogens is 325 g/mol. The van der Waals surface area contributed by atoms with Crippen molar-refractivity contribution in [1.82, 2.24) is 9.78 Å². The molecule has 0 spiro atoms. The number of nitrogens with one attached hydrogen (secondary N) is 1. The second kappa shape index (κ2) is 7.31. The number of hydrogen-bond acceptors (Lipinski definition) is 3. The molecule has 0 fully saturated rings. The Morgan fingerprint density at radius 1 is 1.17 bits per heavy atom. The zero-order chi connectivity index (χ0) is 16.9. The average Bonchev–Trinajstić information content (AvgIpc) is 2.95. The molecule has 6 heteroatoms. The molecule has 3 rings (SSSR count). The Hall–Kier alpha value is -2.60. The molecule has 1 aromatic heterocycles. The van der Waals surface area contributed by atoms with Crippen molar-refractivity contribution >= 4 is 23.5 Å². The minimum absolute atomic E-state index is 0.125. The van der Waals surface area contributed by atoms with Crippen molar-refractivity contribution in [3.8, 4) is 5.69 Å². The summed E-state index contributed by atoms with van der Waals surface area (Å²) in [4.78, 5) is 12.7. The van der Waals surface area contributed by atoms with Gasteiger partial charge in [-0.2, -0.15) is 5.10 Å². The molecule has 0 bridgehead atoms. The molecule has 0 aliphatic rings. The lowest BCUT2D eigenvalue weighted by Crippen LogP contribution is -2.17. The van der Waals surface area contributed by atoms with E-state index in [-0.39, 0.29) is 17.5 Å². The van der Waals surface area contributed by atoms with Gasteiger partial charge in [-0.05, 0) is 31.2 Å². The summed E-state index contributed by atoms with van der Waals surface area (Å²) in [7, 11) is 0. The van der Waals surface area contributed by atoms with Crippen molar-refractivity contribution in [3.63, 3.8) is 0 Å². The zero-order valence-corrected chi connectivity index (χ0v) is 13.9. The van der Waals surface area contributed by atoms with E-state index in [0.29, 0.717) is 10.7 Å². The van der Waals surface area contributed by atoms with E-state index in [4.69, 9.17) is 0 Å². The Morgan fingerprint density at radius 2 is 1.88 bits per heavy atom. The minimum atomic E-state index is -0.319. The molecule has 0 saturated carbocycles. The van der Waals surface area contributed by atoms with Crippen molar-refractivity contribution in [3.05, 3.63) is 72.2 Å². The lowest BCUT2D eigenvalue weighted by atomic mass is 10.3. The summed E-state index contributed by atoms with van der Waals surface area (Å²) in [5, 5.41) is 7.24. The number of amides is 1. The molecule has 1 N–H and O–H groups in total. The van der Waals surface area contributed by atoms with Gasteiger partial charge in [0.15, 0.2) is 0 Å². The third-order valence-electron chi connectivity index (χ3n) is 3.30. The third kappa shape index (κ3) is 3.83. The van der Waals surface area contributed by atoms with E-state index in [1.807, 2.05) is 37.3 Å². The first-order chi connectivity index (χ1) is 11.6. The number of hydrogen-bond donors (Lipinski definition) is 1. The van der Waals surface area contributed by atoms with Gasteiger partial charge in [-0.1, -0.05) is 30.3 Å². The van der Waals surface area contributed by atoms with Crippen LogP contribution in [0.25, 0.3) is 5.69 Å². The second-order valence-electron chi connectivity index (χ2n) is 5.19. The molecule has 0 aliphatic heterocycles. The molecule has 1 amide bonds. The summed E-state index contributed by atoms with van der Waals surface area (Å²) in [6, 6.07) is 17.8. The van der Waals surface area contributed by atoms with Crippen molar-refractivity contribution < 1.29 is 9.18 Å². The lowest BCUT2D eigenvalue weighted by molar-refractivity contribution is -0.113. The average molecular weight is 341 g/mol. The Balaban J connectivity index is 1.70. The predicted molar refractivity (Wildman–Crippen MR) is 94.1 cm³/mol. The fraction of sp³-hybridized carbons (Fsp3) is 0.111. The van der Waals surface area contributed by atoms with E-state index >= 15 is 0 Å². The van der Waals surface area contributed by atoms with E-state index in [1.54, 1.807) is 28.9 Å². The number of anilines is 1. The summed E-state index contributed by atoms with van der Waals surface area (Å²) in [5.74, 6) is 0.193. The van der Waals surface area contributed by atoms with Gasteiger partial charge in [0.05, 0.1) is 17.1 Å². The van der Waals surface area contributed by atoms with Crippen LogP contribution in [0.1, 0.15) is 5.69 Å². The maximum Gasteiger partial charge on any atom is 0.235 e.